The van der Waals surface area contributed by atoms with Gasteiger partial charge in [0.25, 0.3) is 5.69 Å². The van der Waals surface area contributed by atoms with Crippen LogP contribution in [-0.4, -0.2) is 22.1 Å². The maximum atomic E-state index is 13.0. The number of phenolic OH excluding ortho intramolecular Hbond substituents is 1. The lowest BCUT2D eigenvalue weighted by atomic mass is 9.99. The minimum atomic E-state index is -5.94. The number of hydrogen-bond donors (Lipinski definition) is 2. The number of nitrogens with zero attached hydrogens (tertiary/aromatic N) is 1. The van der Waals surface area contributed by atoms with Gasteiger partial charge in [-0.1, -0.05) is 0 Å². The predicted molar refractivity (Wildman–Crippen MR) is 59.9 cm³/mol. The third-order valence-corrected chi connectivity index (χ3v) is 2.33. The van der Waals surface area contributed by atoms with E-state index in [1.54, 1.807) is 0 Å². The van der Waals surface area contributed by atoms with E-state index in [1.165, 1.54) is 0 Å². The average molecular weight is 323 g/mol. The Morgan fingerprint density at radius 2 is 1.75 bits per heavy atom. The molecule has 1 atom stereocenters. The van der Waals surface area contributed by atoms with Crippen LogP contribution < -0.4 is 5.73 Å². The van der Waals surface area contributed by atoms with Gasteiger partial charge in [0.1, 0.15) is 11.8 Å². The quantitative estimate of drug-likeness (QED) is 0.508. The van der Waals surface area contributed by atoms with Gasteiger partial charge in [-0.3, -0.25) is 10.1 Å². The van der Waals surface area contributed by atoms with Crippen LogP contribution in [0.15, 0.2) is 18.2 Å². The molecule has 0 fully saturated rings. The summed E-state index contributed by atoms with van der Waals surface area (Å²) in [6.45, 7) is 0. The van der Waals surface area contributed by atoms with Gasteiger partial charge in [0.2, 0.25) is 0 Å². The van der Waals surface area contributed by atoms with Crippen molar-refractivity contribution < 1.29 is 32.0 Å². The number of non-ortho nitro benzene ring substituents is 1. The molecule has 0 saturated carbocycles. The molecule has 0 spiro atoms. The van der Waals surface area contributed by atoms with Crippen molar-refractivity contribution in [3.63, 3.8) is 0 Å². The maximum absolute atomic E-state index is 13.0. The predicted octanol–water partition coefficient (Wildman–Crippen LogP) is 2.92. The van der Waals surface area contributed by atoms with Crippen LogP contribution in [0.4, 0.5) is 27.6 Å². The Bertz CT molecular complexity index is 509. The Hall–Kier alpha value is -1.68. The fraction of sp³-hybridized carbons (Fsp3) is 0.333. The van der Waals surface area contributed by atoms with Crippen molar-refractivity contribution >= 4 is 18.1 Å². The van der Waals surface area contributed by atoms with Crippen LogP contribution in [0.5, 0.6) is 5.75 Å². The monoisotopic (exact) mass is 322 g/mol. The van der Waals surface area contributed by atoms with E-state index in [0.717, 1.165) is 6.07 Å². The highest BCUT2D eigenvalue weighted by Crippen LogP contribution is 2.45. The zero-order valence-corrected chi connectivity index (χ0v) is 10.2. The van der Waals surface area contributed by atoms with Gasteiger partial charge >= 0.3 is 12.1 Å². The first-order chi connectivity index (χ1) is 8.48. The fourth-order valence-electron chi connectivity index (χ4n) is 1.28. The summed E-state index contributed by atoms with van der Waals surface area (Å²) in [5.41, 5.74) is 2.95. The molecule has 0 aliphatic rings. The summed E-state index contributed by atoms with van der Waals surface area (Å²) in [6.07, 6.45) is -5.94. The number of nitro groups is 1. The average Bonchev–Trinajstić information content (AvgIpc) is 2.26. The van der Waals surface area contributed by atoms with Crippen molar-refractivity contribution in [3.05, 3.63) is 33.9 Å². The number of halogens is 6. The summed E-state index contributed by atoms with van der Waals surface area (Å²) in [4.78, 5) is 9.39. The minimum Gasteiger partial charge on any atom is -0.508 e. The lowest BCUT2D eigenvalue weighted by Crippen LogP contribution is -2.45. The molecule has 11 heteroatoms. The first-order valence-corrected chi connectivity index (χ1v) is 4.66. The molecule has 0 aliphatic heterocycles. The summed E-state index contributed by atoms with van der Waals surface area (Å²) in [5, 5.41) is 19.6. The molecule has 0 unspecified atom stereocenters. The molecular formula is C9H8ClF5N2O3. The van der Waals surface area contributed by atoms with Gasteiger partial charge in [-0.15, -0.1) is 12.4 Å². The van der Waals surface area contributed by atoms with Gasteiger partial charge in [0, 0.05) is 17.7 Å². The third-order valence-electron chi connectivity index (χ3n) is 2.33. The molecule has 0 saturated heterocycles. The second kappa shape index (κ2) is 5.75. The standard InChI is InChI=1S/C9H7F5N2O3.ClH/c10-8(11,9(12,13)14)7(15)5-3-4(16(18)19)1-2-6(5)17;/h1-3,7,17H,15H2;1H/t7-;/m0./s1. The number of phenols is 1. The first-order valence-electron chi connectivity index (χ1n) is 4.66. The molecule has 0 aliphatic carbocycles. The van der Waals surface area contributed by atoms with Gasteiger partial charge in [-0.25, -0.2) is 0 Å². The number of nitrogens with two attached hydrogens (primary N) is 1. The Balaban J connectivity index is 0.00000361. The van der Waals surface area contributed by atoms with Gasteiger partial charge < -0.3 is 10.8 Å². The first kappa shape index (κ1) is 18.3. The number of benzene rings is 1. The largest absolute Gasteiger partial charge is 0.508 e. The van der Waals surface area contributed by atoms with Crippen LogP contribution in [0.3, 0.4) is 0 Å². The Labute approximate surface area is 114 Å². The van der Waals surface area contributed by atoms with Crippen molar-refractivity contribution in [2.75, 3.05) is 0 Å². The molecule has 0 aromatic heterocycles. The maximum Gasteiger partial charge on any atom is 0.455 e. The molecule has 0 bridgehead atoms. The van der Waals surface area contributed by atoms with Gasteiger partial charge in [-0.2, -0.15) is 22.0 Å². The summed E-state index contributed by atoms with van der Waals surface area (Å²) in [7, 11) is 0. The Morgan fingerprint density at radius 1 is 1.25 bits per heavy atom. The van der Waals surface area contributed by atoms with Gasteiger partial charge in [-0.05, 0) is 6.07 Å². The molecule has 5 nitrogen and oxygen atoms in total. The van der Waals surface area contributed by atoms with E-state index in [4.69, 9.17) is 5.73 Å². The van der Waals surface area contributed by atoms with Crippen LogP contribution in [-0.2, 0) is 0 Å². The zero-order chi connectivity index (χ0) is 15.0. The van der Waals surface area contributed by atoms with Gasteiger partial charge in [0.15, 0.2) is 0 Å². The van der Waals surface area contributed by atoms with E-state index >= 15 is 0 Å². The number of nitro benzene ring substituents is 1. The lowest BCUT2D eigenvalue weighted by molar-refractivity contribution is -0.385. The topological polar surface area (TPSA) is 89.4 Å². The molecule has 0 amide bonds. The molecule has 3 N–H and O–H groups in total. The number of rotatable bonds is 3. The molecular weight excluding hydrogens is 315 g/mol. The Kier molecular flexibility index (Phi) is 5.27. The summed E-state index contributed by atoms with van der Waals surface area (Å²) in [6, 6.07) is -1.20. The van der Waals surface area contributed by atoms with Gasteiger partial charge in [0.05, 0.1) is 4.92 Å². The molecule has 0 radical (unpaired) electrons. The molecule has 0 heterocycles. The van der Waals surface area contributed by atoms with E-state index in [-0.39, 0.29) is 12.4 Å². The van der Waals surface area contributed by atoms with Crippen LogP contribution in [0.1, 0.15) is 11.6 Å². The van der Waals surface area contributed by atoms with Crippen molar-refractivity contribution in [3.8, 4) is 5.75 Å². The van der Waals surface area contributed by atoms with E-state index in [2.05, 4.69) is 0 Å². The van der Waals surface area contributed by atoms with E-state index in [1.807, 2.05) is 0 Å². The van der Waals surface area contributed by atoms with Crippen LogP contribution >= 0.6 is 12.4 Å². The normalized spacial score (nSPS) is 13.5. The van der Waals surface area contributed by atoms with E-state index in [0.29, 0.717) is 12.1 Å². The highest BCUT2D eigenvalue weighted by molar-refractivity contribution is 5.85. The Morgan fingerprint density at radius 3 is 2.15 bits per heavy atom. The molecule has 1 aromatic carbocycles. The molecule has 20 heavy (non-hydrogen) atoms. The summed E-state index contributed by atoms with van der Waals surface area (Å²) in [5.74, 6) is -6.32. The summed E-state index contributed by atoms with van der Waals surface area (Å²) >= 11 is 0. The number of hydrogen-bond acceptors (Lipinski definition) is 4. The summed E-state index contributed by atoms with van der Waals surface area (Å²) < 4.78 is 62.3. The number of alkyl halides is 5. The lowest BCUT2D eigenvalue weighted by Gasteiger charge is -2.26. The number of aromatic hydroxyl groups is 1. The van der Waals surface area contributed by atoms with Crippen LogP contribution in [0.2, 0.25) is 0 Å². The molecule has 1 aromatic rings. The highest BCUT2D eigenvalue weighted by atomic mass is 35.5. The van der Waals surface area contributed by atoms with Crippen LogP contribution in [0.25, 0.3) is 0 Å². The smallest absolute Gasteiger partial charge is 0.455 e. The van der Waals surface area contributed by atoms with Crippen molar-refractivity contribution in [1.82, 2.24) is 0 Å². The second-order valence-corrected chi connectivity index (χ2v) is 3.60. The highest BCUT2D eigenvalue weighted by Gasteiger charge is 2.62. The second-order valence-electron chi connectivity index (χ2n) is 3.60. The zero-order valence-electron chi connectivity index (χ0n) is 9.40. The third kappa shape index (κ3) is 3.25. The fourth-order valence-corrected chi connectivity index (χ4v) is 1.28. The van der Waals surface area contributed by atoms with Crippen LogP contribution in [0, 0.1) is 10.1 Å². The van der Waals surface area contributed by atoms with E-state index < -0.39 is 40.1 Å². The van der Waals surface area contributed by atoms with Crippen molar-refractivity contribution in [2.45, 2.75) is 18.1 Å². The minimum absolute atomic E-state index is 0. The van der Waals surface area contributed by atoms with E-state index in [9.17, 15) is 37.2 Å². The molecule has 1 rings (SSSR count). The molecule has 114 valence electrons. The van der Waals surface area contributed by atoms with Crippen molar-refractivity contribution in [1.29, 1.82) is 0 Å². The van der Waals surface area contributed by atoms with Crippen molar-refractivity contribution in [2.24, 2.45) is 5.73 Å². The SMILES string of the molecule is Cl.N[C@@H](c1cc([N+](=O)[O-])ccc1O)C(F)(F)C(F)(F)F.